The third kappa shape index (κ3) is 3.38. The van der Waals surface area contributed by atoms with Gasteiger partial charge in [0.15, 0.2) is 5.13 Å². The Hall–Kier alpha value is -1.86. The lowest BCUT2D eigenvalue weighted by Crippen LogP contribution is -2.42. The summed E-state index contributed by atoms with van der Waals surface area (Å²) in [6.45, 7) is 5.18. The Morgan fingerprint density at radius 2 is 2.15 bits per heavy atom. The maximum absolute atomic E-state index is 12.6. The van der Waals surface area contributed by atoms with Gasteiger partial charge < -0.3 is 19.7 Å². The van der Waals surface area contributed by atoms with Crippen LogP contribution in [0.15, 0.2) is 12.1 Å². The Labute approximate surface area is 157 Å². The molecule has 0 spiro atoms. The van der Waals surface area contributed by atoms with Crippen LogP contribution in [0, 0.1) is 12.8 Å². The first kappa shape index (κ1) is 17.5. The molecule has 6 nitrogen and oxygen atoms in total. The standard InChI is InChI=1S/C19H25N3O3S/c1-12-3-4-15(24-2)16-17(12)26-19(21-16)22-8-5-13(11-22)18(23)20-14-6-9-25-10-7-14/h3-4,13-14H,5-11H2,1-2H3,(H,20,23). The summed E-state index contributed by atoms with van der Waals surface area (Å²) in [5.74, 6) is 1.02. The van der Waals surface area contributed by atoms with E-state index in [0.717, 1.165) is 66.7 Å². The lowest BCUT2D eigenvalue weighted by atomic mass is 10.1. The van der Waals surface area contributed by atoms with E-state index in [2.05, 4.69) is 23.2 Å². The molecule has 2 fully saturated rings. The summed E-state index contributed by atoms with van der Waals surface area (Å²) in [7, 11) is 1.68. The van der Waals surface area contributed by atoms with Crippen molar-refractivity contribution in [3.8, 4) is 5.75 Å². The predicted octanol–water partition coefficient (Wildman–Crippen LogP) is 2.73. The van der Waals surface area contributed by atoms with Crippen LogP contribution in [0.2, 0.25) is 0 Å². The quantitative estimate of drug-likeness (QED) is 0.890. The zero-order valence-electron chi connectivity index (χ0n) is 15.3. The van der Waals surface area contributed by atoms with Crippen molar-refractivity contribution >= 4 is 32.6 Å². The number of hydrogen-bond acceptors (Lipinski definition) is 6. The molecule has 26 heavy (non-hydrogen) atoms. The largest absolute Gasteiger partial charge is 0.494 e. The highest BCUT2D eigenvalue weighted by molar-refractivity contribution is 7.22. The van der Waals surface area contributed by atoms with Gasteiger partial charge >= 0.3 is 0 Å². The van der Waals surface area contributed by atoms with Crippen LogP contribution in [0.1, 0.15) is 24.8 Å². The molecule has 2 saturated heterocycles. The van der Waals surface area contributed by atoms with E-state index in [9.17, 15) is 4.79 Å². The third-order valence-corrected chi connectivity index (χ3v) is 6.56. The Morgan fingerprint density at radius 3 is 2.92 bits per heavy atom. The lowest BCUT2D eigenvalue weighted by molar-refractivity contribution is -0.125. The van der Waals surface area contributed by atoms with Crippen LogP contribution in [0.4, 0.5) is 5.13 Å². The molecular formula is C19H25N3O3S. The molecule has 7 heteroatoms. The minimum Gasteiger partial charge on any atom is -0.494 e. The van der Waals surface area contributed by atoms with Gasteiger partial charge in [-0.1, -0.05) is 17.4 Å². The molecule has 0 bridgehead atoms. The van der Waals surface area contributed by atoms with Crippen LogP contribution in [0.25, 0.3) is 10.2 Å². The molecular weight excluding hydrogens is 350 g/mol. The number of ether oxygens (including phenoxy) is 2. The molecule has 1 amide bonds. The number of nitrogens with one attached hydrogen (secondary N) is 1. The molecule has 1 atom stereocenters. The smallest absolute Gasteiger partial charge is 0.225 e. The Morgan fingerprint density at radius 1 is 1.35 bits per heavy atom. The highest BCUT2D eigenvalue weighted by Gasteiger charge is 2.31. The van der Waals surface area contributed by atoms with Crippen LogP contribution < -0.4 is 15.0 Å². The molecule has 140 valence electrons. The molecule has 3 heterocycles. The van der Waals surface area contributed by atoms with Crippen molar-refractivity contribution in [3.05, 3.63) is 17.7 Å². The van der Waals surface area contributed by atoms with Crippen molar-refractivity contribution in [1.82, 2.24) is 10.3 Å². The summed E-state index contributed by atoms with van der Waals surface area (Å²) in [5.41, 5.74) is 2.13. The number of fused-ring (bicyclic) bond motifs is 1. The van der Waals surface area contributed by atoms with Gasteiger partial charge in [0.05, 0.1) is 17.7 Å². The predicted molar refractivity (Wildman–Crippen MR) is 103 cm³/mol. The Kier molecular flexibility index (Phi) is 5.00. The van der Waals surface area contributed by atoms with E-state index < -0.39 is 0 Å². The second-order valence-corrected chi connectivity index (χ2v) is 8.06. The zero-order valence-corrected chi connectivity index (χ0v) is 16.1. The van der Waals surface area contributed by atoms with E-state index in [1.807, 2.05) is 6.07 Å². The first-order valence-electron chi connectivity index (χ1n) is 9.23. The molecule has 1 unspecified atom stereocenters. The summed E-state index contributed by atoms with van der Waals surface area (Å²) >= 11 is 1.69. The number of amides is 1. The number of aryl methyl sites for hydroxylation is 1. The average molecular weight is 375 g/mol. The Bertz CT molecular complexity index is 801. The lowest BCUT2D eigenvalue weighted by Gasteiger charge is -2.24. The topological polar surface area (TPSA) is 63.7 Å². The normalized spacial score (nSPS) is 21.3. The van der Waals surface area contributed by atoms with E-state index in [4.69, 9.17) is 14.5 Å². The van der Waals surface area contributed by atoms with Crippen LogP contribution in [0.5, 0.6) is 5.75 Å². The van der Waals surface area contributed by atoms with Gasteiger partial charge in [-0.25, -0.2) is 4.98 Å². The van der Waals surface area contributed by atoms with Crippen molar-refractivity contribution in [3.63, 3.8) is 0 Å². The number of benzene rings is 1. The van der Waals surface area contributed by atoms with Crippen molar-refractivity contribution < 1.29 is 14.3 Å². The highest BCUT2D eigenvalue weighted by atomic mass is 32.1. The molecule has 1 N–H and O–H groups in total. The molecule has 0 radical (unpaired) electrons. The van der Waals surface area contributed by atoms with Gasteiger partial charge in [-0.15, -0.1) is 0 Å². The van der Waals surface area contributed by atoms with Gasteiger partial charge in [0.25, 0.3) is 0 Å². The van der Waals surface area contributed by atoms with Gasteiger partial charge in [-0.2, -0.15) is 0 Å². The molecule has 0 saturated carbocycles. The first-order chi connectivity index (χ1) is 12.7. The summed E-state index contributed by atoms with van der Waals surface area (Å²) in [4.78, 5) is 19.6. The van der Waals surface area contributed by atoms with E-state index in [1.54, 1.807) is 18.4 Å². The molecule has 2 aliphatic heterocycles. The number of carbonyl (C=O) groups is 1. The number of thiazole rings is 1. The van der Waals surface area contributed by atoms with Gasteiger partial charge in [0.1, 0.15) is 11.3 Å². The molecule has 4 rings (SSSR count). The Balaban J connectivity index is 1.45. The number of methoxy groups -OCH3 is 1. The maximum atomic E-state index is 12.6. The number of nitrogens with zero attached hydrogens (tertiary/aromatic N) is 2. The van der Waals surface area contributed by atoms with Crippen molar-refractivity contribution in [2.75, 3.05) is 38.3 Å². The van der Waals surface area contributed by atoms with Crippen molar-refractivity contribution in [2.45, 2.75) is 32.2 Å². The second-order valence-electron chi connectivity index (χ2n) is 7.09. The van der Waals surface area contributed by atoms with Crippen LogP contribution >= 0.6 is 11.3 Å². The number of carbonyl (C=O) groups excluding carboxylic acids is 1. The zero-order chi connectivity index (χ0) is 18.1. The first-order valence-corrected chi connectivity index (χ1v) is 10.0. The van der Waals surface area contributed by atoms with E-state index in [1.165, 1.54) is 5.56 Å². The molecule has 1 aromatic carbocycles. The fourth-order valence-electron chi connectivity index (χ4n) is 3.71. The summed E-state index contributed by atoms with van der Waals surface area (Å²) in [5, 5.41) is 4.18. The fraction of sp³-hybridized carbons (Fsp3) is 0.579. The fourth-order valence-corrected chi connectivity index (χ4v) is 4.79. The average Bonchev–Trinajstić information content (AvgIpc) is 3.31. The van der Waals surface area contributed by atoms with Crippen molar-refractivity contribution in [2.24, 2.45) is 5.92 Å². The second kappa shape index (κ2) is 7.40. The summed E-state index contributed by atoms with van der Waals surface area (Å²) < 4.78 is 12.0. The van der Waals surface area contributed by atoms with Crippen LogP contribution in [0.3, 0.4) is 0 Å². The minimum absolute atomic E-state index is 0.0350. The van der Waals surface area contributed by atoms with E-state index in [0.29, 0.717) is 0 Å². The van der Waals surface area contributed by atoms with Crippen LogP contribution in [-0.2, 0) is 9.53 Å². The van der Waals surface area contributed by atoms with Gasteiger partial charge in [0.2, 0.25) is 5.91 Å². The SMILES string of the molecule is COc1ccc(C)c2sc(N3CCC(C(=O)NC4CCOCC4)C3)nc12. The number of hydrogen-bond donors (Lipinski definition) is 1. The molecule has 2 aliphatic rings. The van der Waals surface area contributed by atoms with E-state index >= 15 is 0 Å². The van der Waals surface area contributed by atoms with Crippen molar-refractivity contribution in [1.29, 1.82) is 0 Å². The molecule has 2 aromatic rings. The van der Waals surface area contributed by atoms with Gasteiger partial charge in [0, 0.05) is 32.3 Å². The summed E-state index contributed by atoms with van der Waals surface area (Å²) in [6, 6.07) is 4.30. The third-order valence-electron chi connectivity index (χ3n) is 5.31. The van der Waals surface area contributed by atoms with Crippen LogP contribution in [-0.4, -0.2) is 50.3 Å². The minimum atomic E-state index is 0.0350. The highest BCUT2D eigenvalue weighted by Crippen LogP contribution is 2.37. The van der Waals surface area contributed by atoms with E-state index in [-0.39, 0.29) is 17.9 Å². The van der Waals surface area contributed by atoms with Gasteiger partial charge in [-0.05, 0) is 37.8 Å². The summed E-state index contributed by atoms with van der Waals surface area (Å²) in [6.07, 6.45) is 2.71. The molecule has 0 aliphatic carbocycles. The number of anilines is 1. The number of rotatable bonds is 4. The number of aromatic nitrogens is 1. The van der Waals surface area contributed by atoms with Gasteiger partial charge in [-0.3, -0.25) is 4.79 Å². The maximum Gasteiger partial charge on any atom is 0.225 e. The molecule has 1 aromatic heterocycles. The monoisotopic (exact) mass is 375 g/mol.